The fourth-order valence-electron chi connectivity index (χ4n) is 2.54. The second-order valence-corrected chi connectivity index (χ2v) is 7.52. The molecule has 1 fully saturated rings. The normalized spacial score (nSPS) is 17.5. The quantitative estimate of drug-likeness (QED) is 0.850. The maximum atomic E-state index is 12.6. The van der Waals surface area contributed by atoms with Gasteiger partial charge in [-0.1, -0.05) is 18.2 Å². The van der Waals surface area contributed by atoms with Crippen LogP contribution in [0.15, 0.2) is 24.3 Å². The molecule has 0 N–H and O–H groups in total. The van der Waals surface area contributed by atoms with Crippen LogP contribution in [0.1, 0.15) is 29.3 Å². The number of sulfonamides is 1. The van der Waals surface area contributed by atoms with Gasteiger partial charge in [0.25, 0.3) is 5.91 Å². The molecule has 0 aromatic heterocycles. The molecular weight excluding hydrogens is 288 g/mol. The lowest BCUT2D eigenvalue weighted by Gasteiger charge is -2.22. The third-order valence-electron chi connectivity index (χ3n) is 3.88. The predicted octanol–water partition coefficient (Wildman–Crippen LogP) is 1.49. The molecule has 1 saturated heterocycles. The number of hydrogen-bond acceptors (Lipinski definition) is 3. The Morgan fingerprint density at radius 3 is 2.52 bits per heavy atom. The van der Waals surface area contributed by atoms with Crippen LogP contribution in [0.25, 0.3) is 0 Å². The van der Waals surface area contributed by atoms with Gasteiger partial charge < -0.3 is 4.90 Å². The summed E-state index contributed by atoms with van der Waals surface area (Å²) < 4.78 is 25.4. The second kappa shape index (κ2) is 6.58. The third-order valence-corrected chi connectivity index (χ3v) is 5.76. The highest BCUT2D eigenvalue weighted by molar-refractivity contribution is 7.89. The Hall–Kier alpha value is -1.40. The van der Waals surface area contributed by atoms with Crippen LogP contribution in [-0.4, -0.2) is 55.5 Å². The minimum atomic E-state index is -3.17. The molecule has 21 heavy (non-hydrogen) atoms. The van der Waals surface area contributed by atoms with Gasteiger partial charge in [-0.25, -0.2) is 12.7 Å². The molecule has 0 atom stereocenters. The second-order valence-electron chi connectivity index (χ2n) is 5.26. The molecule has 0 radical (unpaired) electrons. The SMILES string of the molecule is CCS(=O)(=O)N1CCCN(C(=O)c2ccccc2C)CC1. The van der Waals surface area contributed by atoms with Crippen molar-refractivity contribution in [2.45, 2.75) is 20.3 Å². The van der Waals surface area contributed by atoms with Crippen LogP contribution < -0.4 is 0 Å². The van der Waals surface area contributed by atoms with Gasteiger partial charge in [-0.3, -0.25) is 4.79 Å². The Labute approximate surface area is 126 Å². The van der Waals surface area contributed by atoms with E-state index in [0.29, 0.717) is 38.2 Å². The summed E-state index contributed by atoms with van der Waals surface area (Å²) in [6, 6.07) is 7.50. The van der Waals surface area contributed by atoms with E-state index in [0.717, 1.165) is 5.56 Å². The smallest absolute Gasteiger partial charge is 0.254 e. The minimum absolute atomic E-state index is 0.0103. The monoisotopic (exact) mass is 310 g/mol. The van der Waals surface area contributed by atoms with Gasteiger partial charge in [0.15, 0.2) is 0 Å². The maximum Gasteiger partial charge on any atom is 0.254 e. The van der Waals surface area contributed by atoms with Crippen molar-refractivity contribution in [3.8, 4) is 0 Å². The molecule has 1 heterocycles. The Morgan fingerprint density at radius 1 is 1.14 bits per heavy atom. The summed E-state index contributed by atoms with van der Waals surface area (Å²) in [6.07, 6.45) is 0.677. The summed E-state index contributed by atoms with van der Waals surface area (Å²) in [5.41, 5.74) is 1.65. The van der Waals surface area contributed by atoms with Crippen LogP contribution in [0, 0.1) is 6.92 Å². The zero-order valence-corrected chi connectivity index (χ0v) is 13.4. The molecule has 116 valence electrons. The predicted molar refractivity (Wildman–Crippen MR) is 82.7 cm³/mol. The minimum Gasteiger partial charge on any atom is -0.337 e. The van der Waals surface area contributed by atoms with Gasteiger partial charge in [-0.05, 0) is 31.9 Å². The Balaban J connectivity index is 2.10. The summed E-state index contributed by atoms with van der Waals surface area (Å²) >= 11 is 0. The van der Waals surface area contributed by atoms with Crippen LogP contribution in [0.2, 0.25) is 0 Å². The maximum absolute atomic E-state index is 12.6. The number of carbonyl (C=O) groups is 1. The van der Waals surface area contributed by atoms with Crippen molar-refractivity contribution in [1.29, 1.82) is 0 Å². The fraction of sp³-hybridized carbons (Fsp3) is 0.533. The molecule has 0 saturated carbocycles. The van der Waals surface area contributed by atoms with E-state index in [1.54, 1.807) is 11.8 Å². The molecule has 0 bridgehead atoms. The molecule has 6 heteroatoms. The van der Waals surface area contributed by atoms with Gasteiger partial charge in [0.2, 0.25) is 10.0 Å². The molecule has 1 amide bonds. The summed E-state index contributed by atoms with van der Waals surface area (Å²) in [4.78, 5) is 14.3. The van der Waals surface area contributed by atoms with Gasteiger partial charge in [-0.2, -0.15) is 0 Å². The topological polar surface area (TPSA) is 57.7 Å². The average Bonchev–Trinajstić information content (AvgIpc) is 2.73. The largest absolute Gasteiger partial charge is 0.337 e. The summed E-state index contributed by atoms with van der Waals surface area (Å²) in [5, 5.41) is 0. The van der Waals surface area contributed by atoms with Crippen LogP contribution >= 0.6 is 0 Å². The van der Waals surface area contributed by atoms with E-state index >= 15 is 0 Å². The summed E-state index contributed by atoms with van der Waals surface area (Å²) in [6.45, 7) is 5.49. The van der Waals surface area contributed by atoms with Crippen molar-refractivity contribution in [3.63, 3.8) is 0 Å². The van der Waals surface area contributed by atoms with E-state index in [-0.39, 0.29) is 11.7 Å². The van der Waals surface area contributed by atoms with Crippen LogP contribution in [-0.2, 0) is 10.0 Å². The summed E-state index contributed by atoms with van der Waals surface area (Å²) in [7, 11) is -3.17. The van der Waals surface area contributed by atoms with Crippen molar-refractivity contribution in [2.24, 2.45) is 0 Å². The summed E-state index contributed by atoms with van der Waals surface area (Å²) in [5.74, 6) is 0.0995. The molecule has 0 spiro atoms. The van der Waals surface area contributed by atoms with Gasteiger partial charge in [0.05, 0.1) is 5.75 Å². The number of hydrogen-bond donors (Lipinski definition) is 0. The molecule has 1 aliphatic heterocycles. The highest BCUT2D eigenvalue weighted by atomic mass is 32.2. The molecule has 0 aliphatic carbocycles. The van der Waals surface area contributed by atoms with E-state index in [1.165, 1.54) is 4.31 Å². The van der Waals surface area contributed by atoms with Gasteiger partial charge in [-0.15, -0.1) is 0 Å². The van der Waals surface area contributed by atoms with Crippen LogP contribution in [0.5, 0.6) is 0 Å². The first-order valence-electron chi connectivity index (χ1n) is 7.28. The van der Waals surface area contributed by atoms with E-state index in [9.17, 15) is 13.2 Å². The highest BCUT2D eigenvalue weighted by Gasteiger charge is 2.26. The number of benzene rings is 1. The van der Waals surface area contributed by atoms with Crippen LogP contribution in [0.4, 0.5) is 0 Å². The number of carbonyl (C=O) groups excluding carboxylic acids is 1. The van der Waals surface area contributed by atoms with E-state index in [2.05, 4.69) is 0 Å². The first-order chi connectivity index (χ1) is 9.95. The molecule has 5 nitrogen and oxygen atoms in total. The van der Waals surface area contributed by atoms with Crippen molar-refractivity contribution in [3.05, 3.63) is 35.4 Å². The molecule has 0 unspecified atom stereocenters. The Bertz CT molecular complexity index is 613. The van der Waals surface area contributed by atoms with E-state index in [1.807, 2.05) is 31.2 Å². The lowest BCUT2D eigenvalue weighted by molar-refractivity contribution is 0.0763. The van der Waals surface area contributed by atoms with Crippen molar-refractivity contribution >= 4 is 15.9 Å². The van der Waals surface area contributed by atoms with Gasteiger partial charge in [0.1, 0.15) is 0 Å². The highest BCUT2D eigenvalue weighted by Crippen LogP contribution is 2.14. The molecule has 2 rings (SSSR count). The standard InChI is InChI=1S/C15H22N2O3S/c1-3-21(19,20)17-10-6-9-16(11-12-17)15(18)14-8-5-4-7-13(14)2/h4-5,7-8H,3,6,9-12H2,1-2H3. The molecule has 1 aromatic carbocycles. The zero-order valence-electron chi connectivity index (χ0n) is 12.6. The lowest BCUT2D eigenvalue weighted by atomic mass is 10.1. The fourth-order valence-corrected chi connectivity index (χ4v) is 3.67. The number of amides is 1. The Morgan fingerprint density at radius 2 is 1.86 bits per heavy atom. The number of aryl methyl sites for hydroxylation is 1. The third kappa shape index (κ3) is 3.63. The number of nitrogens with zero attached hydrogens (tertiary/aromatic N) is 2. The van der Waals surface area contributed by atoms with Crippen LogP contribution in [0.3, 0.4) is 0 Å². The number of rotatable bonds is 3. The Kier molecular flexibility index (Phi) is 5.00. The zero-order chi connectivity index (χ0) is 15.5. The first kappa shape index (κ1) is 16.0. The lowest BCUT2D eigenvalue weighted by Crippen LogP contribution is -2.38. The van der Waals surface area contributed by atoms with Crippen molar-refractivity contribution in [2.75, 3.05) is 31.9 Å². The van der Waals surface area contributed by atoms with Gasteiger partial charge in [0, 0.05) is 31.7 Å². The van der Waals surface area contributed by atoms with Crippen molar-refractivity contribution < 1.29 is 13.2 Å². The average molecular weight is 310 g/mol. The van der Waals surface area contributed by atoms with Crippen molar-refractivity contribution in [1.82, 2.24) is 9.21 Å². The van der Waals surface area contributed by atoms with Gasteiger partial charge >= 0.3 is 0 Å². The van der Waals surface area contributed by atoms with E-state index in [4.69, 9.17) is 0 Å². The first-order valence-corrected chi connectivity index (χ1v) is 8.89. The molecule has 1 aliphatic rings. The molecular formula is C15H22N2O3S. The van der Waals surface area contributed by atoms with E-state index < -0.39 is 10.0 Å². The molecule has 1 aromatic rings.